The molecule has 4 heteroatoms. The summed E-state index contributed by atoms with van der Waals surface area (Å²) >= 11 is 1.66. The number of benzene rings is 1. The molecule has 1 aliphatic rings. The summed E-state index contributed by atoms with van der Waals surface area (Å²) in [7, 11) is 0. The second kappa shape index (κ2) is 5.56. The van der Waals surface area contributed by atoms with Gasteiger partial charge in [-0.15, -0.1) is 11.8 Å². The molecule has 1 heterocycles. The van der Waals surface area contributed by atoms with Gasteiger partial charge in [0.1, 0.15) is 0 Å². The van der Waals surface area contributed by atoms with Crippen molar-refractivity contribution in [1.82, 2.24) is 4.90 Å². The molecule has 17 heavy (non-hydrogen) atoms. The molecular formula is C13H17NO2S. The highest BCUT2D eigenvalue weighted by atomic mass is 32.2. The first-order valence-electron chi connectivity index (χ1n) is 5.82. The molecule has 0 spiro atoms. The molecular weight excluding hydrogens is 234 g/mol. The minimum atomic E-state index is -0.363. The van der Waals surface area contributed by atoms with Crippen LogP contribution in [0, 0.1) is 0 Å². The van der Waals surface area contributed by atoms with Gasteiger partial charge in [0.25, 0.3) is 5.91 Å². The van der Waals surface area contributed by atoms with Crippen LogP contribution >= 0.6 is 11.8 Å². The minimum absolute atomic E-state index is 0.0244. The number of β-amino-alcohol motifs (C(OH)–C–C–N with tert-alkyl or cyclic N) is 1. The molecule has 1 saturated heterocycles. The molecule has 0 unspecified atom stereocenters. The van der Waals surface area contributed by atoms with E-state index < -0.39 is 0 Å². The third-order valence-electron chi connectivity index (χ3n) is 3.02. The van der Waals surface area contributed by atoms with Gasteiger partial charge in [0.2, 0.25) is 0 Å². The zero-order valence-electron chi connectivity index (χ0n) is 9.93. The van der Waals surface area contributed by atoms with E-state index in [1.165, 1.54) is 0 Å². The first-order valence-corrected chi connectivity index (χ1v) is 7.04. The van der Waals surface area contributed by atoms with E-state index in [1.807, 2.05) is 30.5 Å². The van der Waals surface area contributed by atoms with E-state index in [0.29, 0.717) is 12.1 Å². The highest BCUT2D eigenvalue weighted by Gasteiger charge is 2.22. The van der Waals surface area contributed by atoms with Gasteiger partial charge in [-0.3, -0.25) is 4.79 Å². The highest BCUT2D eigenvalue weighted by Crippen LogP contribution is 2.17. The van der Waals surface area contributed by atoms with Crippen LogP contribution in [0.4, 0.5) is 0 Å². The van der Waals surface area contributed by atoms with Gasteiger partial charge in [0.05, 0.1) is 6.10 Å². The van der Waals surface area contributed by atoms with E-state index >= 15 is 0 Å². The zero-order valence-corrected chi connectivity index (χ0v) is 10.7. The lowest BCUT2D eigenvalue weighted by Crippen LogP contribution is -2.42. The summed E-state index contributed by atoms with van der Waals surface area (Å²) in [4.78, 5) is 15.0. The maximum atomic E-state index is 12.2. The van der Waals surface area contributed by atoms with Gasteiger partial charge in [0, 0.05) is 23.5 Å². The van der Waals surface area contributed by atoms with Crippen LogP contribution in [-0.2, 0) is 0 Å². The molecule has 1 atom stereocenters. The second-order valence-corrected chi connectivity index (χ2v) is 5.16. The van der Waals surface area contributed by atoms with E-state index in [9.17, 15) is 9.90 Å². The lowest BCUT2D eigenvalue weighted by Gasteiger charge is -2.30. The molecule has 1 aliphatic heterocycles. The molecule has 1 aromatic rings. The molecule has 1 fully saturated rings. The predicted molar refractivity (Wildman–Crippen MR) is 69.4 cm³/mol. The Morgan fingerprint density at radius 1 is 1.41 bits per heavy atom. The van der Waals surface area contributed by atoms with Crippen LogP contribution in [-0.4, -0.2) is 41.4 Å². The van der Waals surface area contributed by atoms with Crippen molar-refractivity contribution in [3.63, 3.8) is 0 Å². The Morgan fingerprint density at radius 3 is 2.71 bits per heavy atom. The quantitative estimate of drug-likeness (QED) is 0.817. The fraction of sp³-hybridized carbons (Fsp3) is 0.462. The third kappa shape index (κ3) is 3.01. The van der Waals surface area contributed by atoms with Crippen LogP contribution in [0.2, 0.25) is 0 Å². The topological polar surface area (TPSA) is 40.5 Å². The fourth-order valence-electron chi connectivity index (χ4n) is 2.06. The van der Waals surface area contributed by atoms with E-state index in [1.54, 1.807) is 16.7 Å². The number of likely N-dealkylation sites (tertiary alicyclic amines) is 1. The largest absolute Gasteiger partial charge is 0.391 e. The maximum absolute atomic E-state index is 12.2. The van der Waals surface area contributed by atoms with E-state index in [0.717, 1.165) is 24.3 Å². The molecule has 0 saturated carbocycles. The molecule has 0 aromatic heterocycles. The molecule has 1 N–H and O–H groups in total. The summed E-state index contributed by atoms with van der Waals surface area (Å²) in [5.41, 5.74) is 0.705. The summed E-state index contributed by atoms with van der Waals surface area (Å²) in [6.45, 7) is 1.21. The number of nitrogens with zero attached hydrogens (tertiary/aromatic N) is 1. The third-order valence-corrected chi connectivity index (χ3v) is 3.76. The second-order valence-electron chi connectivity index (χ2n) is 4.28. The Hall–Kier alpha value is -1.00. The van der Waals surface area contributed by atoms with E-state index in [2.05, 4.69) is 0 Å². The number of thioether (sulfide) groups is 1. The van der Waals surface area contributed by atoms with Crippen molar-refractivity contribution >= 4 is 17.7 Å². The predicted octanol–water partition coefficient (Wildman–Crippen LogP) is 2.01. The van der Waals surface area contributed by atoms with Crippen LogP contribution in [0.5, 0.6) is 0 Å². The van der Waals surface area contributed by atoms with Crippen LogP contribution in [0.15, 0.2) is 29.2 Å². The average molecular weight is 251 g/mol. The van der Waals surface area contributed by atoms with Crippen molar-refractivity contribution in [2.24, 2.45) is 0 Å². The van der Waals surface area contributed by atoms with Gasteiger partial charge in [-0.25, -0.2) is 0 Å². The van der Waals surface area contributed by atoms with Crippen LogP contribution in [0.25, 0.3) is 0 Å². The zero-order chi connectivity index (χ0) is 12.3. The normalized spacial score (nSPS) is 20.4. The van der Waals surface area contributed by atoms with Gasteiger partial charge in [-0.1, -0.05) is 0 Å². The average Bonchev–Trinajstić information content (AvgIpc) is 2.38. The summed E-state index contributed by atoms with van der Waals surface area (Å²) in [6.07, 6.45) is 3.33. The van der Waals surface area contributed by atoms with Crippen LogP contribution < -0.4 is 0 Å². The smallest absolute Gasteiger partial charge is 0.253 e. The van der Waals surface area contributed by atoms with E-state index in [4.69, 9.17) is 0 Å². The van der Waals surface area contributed by atoms with Crippen LogP contribution in [0.1, 0.15) is 23.2 Å². The summed E-state index contributed by atoms with van der Waals surface area (Å²) in [6, 6.07) is 7.63. The molecule has 0 aliphatic carbocycles. The Balaban J connectivity index is 2.07. The molecule has 3 nitrogen and oxygen atoms in total. The number of piperidine rings is 1. The van der Waals surface area contributed by atoms with Crippen molar-refractivity contribution in [3.05, 3.63) is 29.8 Å². The van der Waals surface area contributed by atoms with Gasteiger partial charge >= 0.3 is 0 Å². The summed E-state index contributed by atoms with van der Waals surface area (Å²) in [5, 5.41) is 9.56. The molecule has 0 radical (unpaired) electrons. The van der Waals surface area contributed by atoms with Gasteiger partial charge < -0.3 is 10.0 Å². The van der Waals surface area contributed by atoms with Crippen molar-refractivity contribution in [2.75, 3.05) is 19.3 Å². The van der Waals surface area contributed by atoms with Gasteiger partial charge in [0.15, 0.2) is 0 Å². The number of rotatable bonds is 2. The number of aliphatic hydroxyl groups is 1. The van der Waals surface area contributed by atoms with Gasteiger partial charge in [-0.05, 0) is 43.4 Å². The monoisotopic (exact) mass is 251 g/mol. The Labute approximate surface area is 106 Å². The molecule has 1 aromatic carbocycles. The van der Waals surface area contributed by atoms with Gasteiger partial charge in [-0.2, -0.15) is 0 Å². The summed E-state index contributed by atoms with van der Waals surface area (Å²) < 4.78 is 0. The van der Waals surface area contributed by atoms with Crippen molar-refractivity contribution < 1.29 is 9.90 Å². The Bertz CT molecular complexity index is 391. The SMILES string of the molecule is CSc1ccc(C(=O)N2CCC[C@H](O)C2)cc1. The fourth-order valence-corrected chi connectivity index (χ4v) is 2.46. The maximum Gasteiger partial charge on any atom is 0.253 e. The van der Waals surface area contributed by atoms with Crippen LogP contribution in [0.3, 0.4) is 0 Å². The highest BCUT2D eigenvalue weighted by molar-refractivity contribution is 7.98. The van der Waals surface area contributed by atoms with Crippen molar-refractivity contribution in [1.29, 1.82) is 0 Å². The number of hydrogen-bond donors (Lipinski definition) is 1. The Kier molecular flexibility index (Phi) is 4.07. The number of carbonyl (C=O) groups is 1. The lowest BCUT2D eigenvalue weighted by molar-refractivity contribution is 0.0473. The number of hydrogen-bond acceptors (Lipinski definition) is 3. The molecule has 1 amide bonds. The minimum Gasteiger partial charge on any atom is -0.391 e. The Morgan fingerprint density at radius 2 is 2.12 bits per heavy atom. The lowest BCUT2D eigenvalue weighted by atomic mass is 10.1. The first kappa shape index (κ1) is 12.5. The van der Waals surface area contributed by atoms with Crippen molar-refractivity contribution in [3.8, 4) is 0 Å². The number of carbonyl (C=O) groups excluding carboxylic acids is 1. The molecule has 0 bridgehead atoms. The van der Waals surface area contributed by atoms with E-state index in [-0.39, 0.29) is 12.0 Å². The summed E-state index contributed by atoms with van der Waals surface area (Å²) in [5.74, 6) is 0.0244. The standard InChI is InChI=1S/C13H17NO2S/c1-17-12-6-4-10(5-7-12)13(16)14-8-2-3-11(15)9-14/h4-7,11,15H,2-3,8-9H2,1H3/t11-/m0/s1. The molecule has 92 valence electrons. The number of amides is 1. The van der Waals surface area contributed by atoms with Crippen molar-refractivity contribution in [2.45, 2.75) is 23.8 Å². The molecule has 2 rings (SSSR count). The number of aliphatic hydroxyl groups excluding tert-OH is 1. The first-order chi connectivity index (χ1) is 8.20.